The Labute approximate surface area is 257 Å². The van der Waals surface area contributed by atoms with Crippen LogP contribution in [0.2, 0.25) is 18.1 Å². The van der Waals surface area contributed by atoms with Crippen LogP contribution in [0.5, 0.6) is 5.75 Å². The van der Waals surface area contributed by atoms with Crippen LogP contribution in [-0.4, -0.2) is 34.0 Å². The maximum atomic E-state index is 14.1. The second-order valence-electron chi connectivity index (χ2n) is 13.7. The lowest BCUT2D eigenvalue weighted by Gasteiger charge is -2.41. The SMILES string of the molecule is COc1ccc([C@H]2CC[C@H](CN(C(=O)C3CCC(O[Si](C)(C)C(C)(C)C)CC3)c3cccc(I)c3)CC2)cc1C. The number of aryl methyl sites for hydroxylation is 1. The summed E-state index contributed by atoms with van der Waals surface area (Å²) in [5.74, 6) is 2.51. The lowest BCUT2D eigenvalue weighted by molar-refractivity contribution is -0.124. The summed E-state index contributed by atoms with van der Waals surface area (Å²) in [4.78, 5) is 16.2. The fourth-order valence-corrected chi connectivity index (χ4v) is 8.25. The molecule has 0 heterocycles. The van der Waals surface area contributed by atoms with Crippen LogP contribution >= 0.6 is 22.6 Å². The molecule has 0 spiro atoms. The Balaban J connectivity index is 1.40. The molecule has 1 amide bonds. The molecule has 0 saturated heterocycles. The molecule has 2 fully saturated rings. The molecule has 2 aromatic carbocycles. The standard InChI is InChI=1S/C34H50INO3Si/c1-24-21-28(17-20-32(24)38-5)26-13-11-25(12-14-26)23-36(30-10-8-9-29(35)22-30)33(37)27-15-18-31(19-16-27)39-40(6,7)34(2,3)4/h8-10,17,20-22,25-27,31H,11-16,18-19,23H2,1-7H3/t25-,26-,27?,31?. The van der Waals surface area contributed by atoms with Crippen molar-refractivity contribution in [2.45, 2.75) is 109 Å². The number of hydrogen-bond acceptors (Lipinski definition) is 3. The van der Waals surface area contributed by atoms with Gasteiger partial charge < -0.3 is 14.1 Å². The van der Waals surface area contributed by atoms with Crippen molar-refractivity contribution in [3.05, 3.63) is 57.2 Å². The molecule has 0 atom stereocenters. The van der Waals surface area contributed by atoms with Crippen LogP contribution in [0.25, 0.3) is 0 Å². The molecule has 0 radical (unpaired) electrons. The van der Waals surface area contributed by atoms with Crippen molar-refractivity contribution in [3.63, 3.8) is 0 Å². The minimum Gasteiger partial charge on any atom is -0.496 e. The number of methoxy groups -OCH3 is 1. The predicted molar refractivity (Wildman–Crippen MR) is 178 cm³/mol. The van der Waals surface area contributed by atoms with Gasteiger partial charge in [0.05, 0.1) is 7.11 Å². The van der Waals surface area contributed by atoms with E-state index in [1.165, 1.54) is 27.5 Å². The van der Waals surface area contributed by atoms with Gasteiger partial charge in [0.2, 0.25) is 5.91 Å². The van der Waals surface area contributed by atoms with E-state index in [4.69, 9.17) is 9.16 Å². The van der Waals surface area contributed by atoms with Gasteiger partial charge in [-0.15, -0.1) is 0 Å². The first-order valence-electron chi connectivity index (χ1n) is 15.3. The number of carbonyl (C=O) groups is 1. The third-order valence-electron chi connectivity index (χ3n) is 9.85. The molecule has 0 aliphatic heterocycles. The van der Waals surface area contributed by atoms with Gasteiger partial charge in [0.15, 0.2) is 8.32 Å². The molecule has 0 unspecified atom stereocenters. The summed E-state index contributed by atoms with van der Waals surface area (Å²) in [5.41, 5.74) is 3.70. The van der Waals surface area contributed by atoms with Crippen LogP contribution in [0.15, 0.2) is 42.5 Å². The van der Waals surface area contributed by atoms with E-state index in [9.17, 15) is 4.79 Å². The fourth-order valence-electron chi connectivity index (χ4n) is 6.30. The Hall–Kier alpha value is -1.38. The molecule has 4 nitrogen and oxygen atoms in total. The summed E-state index contributed by atoms with van der Waals surface area (Å²) < 4.78 is 13.4. The smallest absolute Gasteiger partial charge is 0.230 e. The first-order valence-corrected chi connectivity index (χ1v) is 19.3. The van der Waals surface area contributed by atoms with Gasteiger partial charge in [0.1, 0.15) is 5.75 Å². The maximum Gasteiger partial charge on any atom is 0.230 e. The van der Waals surface area contributed by atoms with Crippen LogP contribution < -0.4 is 9.64 Å². The van der Waals surface area contributed by atoms with Gasteiger partial charge in [0, 0.05) is 27.8 Å². The summed E-state index contributed by atoms with van der Waals surface area (Å²) >= 11 is 2.37. The molecular weight excluding hydrogens is 625 g/mol. The fraction of sp³-hybridized carbons (Fsp3) is 0.618. The predicted octanol–water partition coefficient (Wildman–Crippen LogP) is 9.50. The van der Waals surface area contributed by atoms with E-state index in [0.717, 1.165) is 56.5 Å². The molecule has 2 aliphatic carbocycles. The zero-order valence-electron chi connectivity index (χ0n) is 25.8. The minimum absolute atomic E-state index is 0.0933. The average Bonchev–Trinajstić information content (AvgIpc) is 2.91. The van der Waals surface area contributed by atoms with Crippen molar-refractivity contribution in [3.8, 4) is 5.75 Å². The molecular formula is C34H50INO3Si. The van der Waals surface area contributed by atoms with Crippen molar-refractivity contribution in [2.75, 3.05) is 18.6 Å². The van der Waals surface area contributed by atoms with E-state index >= 15 is 0 Å². The molecule has 6 heteroatoms. The Morgan fingerprint density at radius 3 is 2.23 bits per heavy atom. The lowest BCUT2D eigenvalue weighted by atomic mass is 9.78. The Bertz CT molecular complexity index is 1140. The summed E-state index contributed by atoms with van der Waals surface area (Å²) in [5, 5.41) is 0.214. The first-order chi connectivity index (χ1) is 18.9. The van der Waals surface area contributed by atoms with Crippen molar-refractivity contribution in [2.24, 2.45) is 11.8 Å². The van der Waals surface area contributed by atoms with Crippen molar-refractivity contribution < 1.29 is 14.0 Å². The number of rotatable bonds is 8. The highest BCUT2D eigenvalue weighted by atomic mass is 127. The van der Waals surface area contributed by atoms with Gasteiger partial charge in [-0.2, -0.15) is 0 Å². The summed E-state index contributed by atoms with van der Waals surface area (Å²) in [7, 11) is -0.0537. The molecule has 4 rings (SSSR count). The molecule has 2 aliphatic rings. The summed E-state index contributed by atoms with van der Waals surface area (Å²) in [6, 6.07) is 15.2. The van der Waals surface area contributed by atoms with E-state index in [1.807, 2.05) is 0 Å². The third-order valence-corrected chi connectivity index (χ3v) is 15.1. The van der Waals surface area contributed by atoms with Crippen molar-refractivity contribution >= 4 is 42.5 Å². The quantitative estimate of drug-likeness (QED) is 0.207. The normalized spacial score (nSPS) is 24.0. The largest absolute Gasteiger partial charge is 0.496 e. The van der Waals surface area contributed by atoms with E-state index in [1.54, 1.807) is 7.11 Å². The second-order valence-corrected chi connectivity index (χ2v) is 19.7. The highest BCUT2D eigenvalue weighted by Crippen LogP contribution is 2.41. The van der Waals surface area contributed by atoms with Gasteiger partial charge in [-0.1, -0.05) is 39.0 Å². The van der Waals surface area contributed by atoms with Gasteiger partial charge in [0.25, 0.3) is 0 Å². The first kappa shape index (κ1) is 31.6. The number of nitrogens with zero attached hydrogens (tertiary/aromatic N) is 1. The number of halogens is 1. The van der Waals surface area contributed by atoms with Crippen LogP contribution in [0.1, 0.15) is 89.2 Å². The molecule has 220 valence electrons. The van der Waals surface area contributed by atoms with Crippen LogP contribution in [0.4, 0.5) is 5.69 Å². The maximum absolute atomic E-state index is 14.1. The zero-order valence-corrected chi connectivity index (χ0v) is 28.9. The number of amides is 1. The minimum atomic E-state index is -1.79. The monoisotopic (exact) mass is 675 g/mol. The van der Waals surface area contributed by atoms with Crippen LogP contribution in [0, 0.1) is 22.3 Å². The number of hydrogen-bond donors (Lipinski definition) is 0. The van der Waals surface area contributed by atoms with Crippen LogP contribution in [-0.2, 0) is 9.22 Å². The van der Waals surface area contributed by atoms with Crippen molar-refractivity contribution in [1.82, 2.24) is 0 Å². The van der Waals surface area contributed by atoms with Gasteiger partial charge in [-0.05, 0) is 146 Å². The Morgan fingerprint density at radius 2 is 1.65 bits per heavy atom. The van der Waals surface area contributed by atoms with E-state index in [-0.39, 0.29) is 11.0 Å². The Morgan fingerprint density at radius 1 is 0.975 bits per heavy atom. The highest BCUT2D eigenvalue weighted by molar-refractivity contribution is 14.1. The van der Waals surface area contributed by atoms with E-state index in [0.29, 0.717) is 23.8 Å². The van der Waals surface area contributed by atoms with E-state index < -0.39 is 8.32 Å². The molecule has 2 saturated carbocycles. The molecule has 0 aromatic heterocycles. The second kappa shape index (κ2) is 13.3. The third kappa shape index (κ3) is 7.71. The molecule has 0 bridgehead atoms. The topological polar surface area (TPSA) is 38.8 Å². The molecule has 40 heavy (non-hydrogen) atoms. The highest BCUT2D eigenvalue weighted by Gasteiger charge is 2.41. The number of carbonyl (C=O) groups excluding carboxylic acids is 1. The van der Waals surface area contributed by atoms with Gasteiger partial charge in [-0.3, -0.25) is 4.79 Å². The molecule has 2 aromatic rings. The summed E-state index contributed by atoms with van der Waals surface area (Å²) in [6.45, 7) is 14.6. The van der Waals surface area contributed by atoms with E-state index in [2.05, 4.69) is 111 Å². The number of anilines is 1. The average molecular weight is 676 g/mol. The van der Waals surface area contributed by atoms with Gasteiger partial charge >= 0.3 is 0 Å². The number of ether oxygens (including phenoxy) is 1. The Kier molecular flexibility index (Phi) is 10.5. The number of benzene rings is 2. The van der Waals surface area contributed by atoms with Gasteiger partial charge in [-0.25, -0.2) is 0 Å². The summed E-state index contributed by atoms with van der Waals surface area (Å²) in [6.07, 6.45) is 8.84. The van der Waals surface area contributed by atoms with Crippen LogP contribution in [0.3, 0.4) is 0 Å². The lowest BCUT2D eigenvalue weighted by Crippen LogP contribution is -2.46. The van der Waals surface area contributed by atoms with Crippen molar-refractivity contribution in [1.29, 1.82) is 0 Å². The molecule has 0 N–H and O–H groups in total. The zero-order chi connectivity index (χ0) is 29.1.